The largest absolute Gasteiger partial charge is 0.507 e. The first-order valence-electron chi connectivity index (χ1n) is 9.15. The van der Waals surface area contributed by atoms with E-state index in [1.807, 2.05) is 32.2 Å². The first-order valence-corrected chi connectivity index (χ1v) is 9.53. The molecule has 0 saturated heterocycles. The zero-order chi connectivity index (χ0) is 19.6. The van der Waals surface area contributed by atoms with E-state index in [0.29, 0.717) is 34.0 Å². The van der Waals surface area contributed by atoms with E-state index in [4.69, 9.17) is 16.3 Å². The van der Waals surface area contributed by atoms with Gasteiger partial charge in [0.25, 0.3) is 0 Å². The van der Waals surface area contributed by atoms with E-state index in [1.165, 1.54) is 0 Å². The van der Waals surface area contributed by atoms with Crippen molar-refractivity contribution >= 4 is 23.5 Å². The fourth-order valence-corrected chi connectivity index (χ4v) is 3.43. The van der Waals surface area contributed by atoms with Gasteiger partial charge in [-0.05, 0) is 56.3 Å². The van der Waals surface area contributed by atoms with Crippen molar-refractivity contribution in [2.24, 2.45) is 0 Å². The molecule has 0 aliphatic carbocycles. The summed E-state index contributed by atoms with van der Waals surface area (Å²) in [7, 11) is 2.00. The molecule has 0 unspecified atom stereocenters. The minimum absolute atomic E-state index is 0.154. The molecule has 2 aromatic carbocycles. The third kappa shape index (κ3) is 4.02. The Bertz CT molecular complexity index is 905. The minimum atomic E-state index is -0.181. The van der Waals surface area contributed by atoms with E-state index in [1.54, 1.807) is 18.2 Å². The number of fused-ring (bicyclic) bond motifs is 1. The molecule has 4 nitrogen and oxygen atoms in total. The lowest BCUT2D eigenvalue weighted by Crippen LogP contribution is -2.19. The van der Waals surface area contributed by atoms with Gasteiger partial charge in [0.1, 0.15) is 11.5 Å². The van der Waals surface area contributed by atoms with Crippen LogP contribution in [0.2, 0.25) is 5.02 Å². The highest BCUT2D eigenvalue weighted by Gasteiger charge is 2.33. The van der Waals surface area contributed by atoms with Crippen LogP contribution >= 0.6 is 11.6 Å². The average Bonchev–Trinajstić information content (AvgIpc) is 2.95. The molecule has 3 rings (SSSR count). The first-order chi connectivity index (χ1) is 12.9. The van der Waals surface area contributed by atoms with Gasteiger partial charge in [-0.1, -0.05) is 43.1 Å². The van der Waals surface area contributed by atoms with Crippen LogP contribution in [0.25, 0.3) is 6.08 Å². The second kappa shape index (κ2) is 8.15. The molecule has 0 saturated carbocycles. The van der Waals surface area contributed by atoms with E-state index in [2.05, 4.69) is 11.8 Å². The van der Waals surface area contributed by atoms with Crippen LogP contribution in [0.1, 0.15) is 46.8 Å². The summed E-state index contributed by atoms with van der Waals surface area (Å²) in [6.45, 7) is 5.38. The normalized spacial score (nSPS) is 14.7. The molecule has 5 heteroatoms. The second-order valence-electron chi connectivity index (χ2n) is 6.95. The van der Waals surface area contributed by atoms with Crippen molar-refractivity contribution in [1.82, 2.24) is 4.90 Å². The number of hydrogen-bond donors (Lipinski definition) is 1. The number of carbonyl (C=O) groups excluding carboxylic acids is 1. The van der Waals surface area contributed by atoms with Crippen LogP contribution in [-0.2, 0) is 6.54 Å². The van der Waals surface area contributed by atoms with E-state index >= 15 is 0 Å². The Morgan fingerprint density at radius 3 is 2.74 bits per heavy atom. The summed E-state index contributed by atoms with van der Waals surface area (Å²) >= 11 is 6.21. The molecule has 0 fully saturated rings. The smallest absolute Gasteiger partial charge is 0.232 e. The van der Waals surface area contributed by atoms with Gasteiger partial charge in [-0.3, -0.25) is 4.79 Å². The number of allylic oxidation sites excluding steroid dienone is 1. The Labute approximate surface area is 165 Å². The summed E-state index contributed by atoms with van der Waals surface area (Å²) in [5.74, 6) is 0.657. The molecule has 1 aliphatic rings. The minimum Gasteiger partial charge on any atom is -0.507 e. The van der Waals surface area contributed by atoms with Crippen LogP contribution in [0, 0.1) is 6.92 Å². The summed E-state index contributed by atoms with van der Waals surface area (Å²) in [4.78, 5) is 15.0. The first kappa shape index (κ1) is 19.5. The summed E-state index contributed by atoms with van der Waals surface area (Å²) in [6, 6.07) is 8.94. The van der Waals surface area contributed by atoms with Gasteiger partial charge in [-0.15, -0.1) is 0 Å². The SMILES string of the molecule is CCCCN(C)Cc1c(O)cc(C)c2c1O/C(=C\c1ccccc1Cl)C2=O. The van der Waals surface area contributed by atoms with E-state index < -0.39 is 0 Å². The molecule has 142 valence electrons. The van der Waals surface area contributed by atoms with Gasteiger partial charge >= 0.3 is 0 Å². The standard InChI is InChI=1S/C22H24ClNO3/c1-4-5-10-24(3)13-16-18(25)11-14(2)20-21(26)19(27-22(16)20)12-15-8-6-7-9-17(15)23/h6-9,11-12,25H,4-5,10,13H2,1-3H3/b19-12-. The molecule has 27 heavy (non-hydrogen) atoms. The van der Waals surface area contributed by atoms with Gasteiger partial charge in [0.05, 0.1) is 11.1 Å². The molecular weight excluding hydrogens is 362 g/mol. The topological polar surface area (TPSA) is 49.8 Å². The molecule has 0 amide bonds. The van der Waals surface area contributed by atoms with Crippen LogP contribution in [0.3, 0.4) is 0 Å². The number of hydrogen-bond acceptors (Lipinski definition) is 4. The highest BCUT2D eigenvalue weighted by atomic mass is 35.5. The number of ketones is 1. The lowest BCUT2D eigenvalue weighted by atomic mass is 9.99. The molecule has 2 aromatic rings. The van der Waals surface area contributed by atoms with Crippen molar-refractivity contribution in [3.8, 4) is 11.5 Å². The lowest BCUT2D eigenvalue weighted by molar-refractivity contribution is 0.101. The number of halogens is 1. The van der Waals surface area contributed by atoms with Crippen LogP contribution in [-0.4, -0.2) is 29.4 Å². The van der Waals surface area contributed by atoms with E-state index in [0.717, 1.165) is 24.9 Å². The fraction of sp³-hybridized carbons (Fsp3) is 0.318. The Morgan fingerprint density at radius 1 is 1.30 bits per heavy atom. The number of phenolic OH excluding ortho intramolecular Hbond substituents is 1. The maximum atomic E-state index is 12.9. The number of phenols is 1. The van der Waals surface area contributed by atoms with Crippen LogP contribution in [0.4, 0.5) is 0 Å². The molecule has 1 heterocycles. The fourth-order valence-electron chi connectivity index (χ4n) is 3.24. The van der Waals surface area contributed by atoms with Gasteiger partial charge in [0, 0.05) is 11.6 Å². The number of rotatable bonds is 6. The summed E-state index contributed by atoms with van der Waals surface area (Å²) < 4.78 is 5.94. The molecule has 1 N–H and O–H groups in total. The predicted molar refractivity (Wildman–Crippen MR) is 108 cm³/mol. The maximum Gasteiger partial charge on any atom is 0.232 e. The van der Waals surface area contributed by atoms with Crippen molar-refractivity contribution < 1.29 is 14.6 Å². The van der Waals surface area contributed by atoms with Crippen molar-refractivity contribution in [1.29, 1.82) is 0 Å². The zero-order valence-electron chi connectivity index (χ0n) is 15.9. The summed E-state index contributed by atoms with van der Waals surface area (Å²) in [6.07, 6.45) is 3.83. The number of carbonyl (C=O) groups is 1. The molecule has 0 aromatic heterocycles. The third-order valence-electron chi connectivity index (χ3n) is 4.73. The van der Waals surface area contributed by atoms with Gasteiger partial charge in [0.15, 0.2) is 5.76 Å². The van der Waals surface area contributed by atoms with E-state index in [9.17, 15) is 9.90 Å². The quantitative estimate of drug-likeness (QED) is 0.694. The summed E-state index contributed by atoms with van der Waals surface area (Å²) in [5.41, 5.74) is 2.59. The number of ether oxygens (including phenoxy) is 1. The number of unbranched alkanes of at least 4 members (excludes halogenated alkanes) is 1. The van der Waals surface area contributed by atoms with Gasteiger partial charge < -0.3 is 14.7 Å². The average molecular weight is 386 g/mol. The number of aromatic hydroxyl groups is 1. The van der Waals surface area contributed by atoms with Crippen LogP contribution in [0.15, 0.2) is 36.1 Å². The predicted octanol–water partition coefficient (Wildman–Crippen LogP) is 5.20. The van der Waals surface area contributed by atoms with Crippen LogP contribution < -0.4 is 4.74 Å². The number of benzene rings is 2. The number of aryl methyl sites for hydroxylation is 1. The summed E-state index contributed by atoms with van der Waals surface area (Å²) in [5, 5.41) is 11.0. The molecule has 1 aliphatic heterocycles. The zero-order valence-corrected chi connectivity index (χ0v) is 16.6. The molecule has 0 bridgehead atoms. The van der Waals surface area contributed by atoms with Gasteiger partial charge in [-0.25, -0.2) is 0 Å². The highest BCUT2D eigenvalue weighted by Crippen LogP contribution is 2.42. The van der Waals surface area contributed by atoms with Crippen molar-refractivity contribution in [3.05, 3.63) is 63.4 Å². The van der Waals surface area contributed by atoms with E-state index in [-0.39, 0.29) is 17.3 Å². The Kier molecular flexibility index (Phi) is 5.88. The second-order valence-corrected chi connectivity index (χ2v) is 7.36. The Hall–Kier alpha value is -2.30. The molecular formula is C22H24ClNO3. The Balaban J connectivity index is 1.98. The van der Waals surface area contributed by atoms with Crippen LogP contribution in [0.5, 0.6) is 11.5 Å². The van der Waals surface area contributed by atoms with Gasteiger partial charge in [-0.2, -0.15) is 0 Å². The molecule has 0 radical (unpaired) electrons. The van der Waals surface area contributed by atoms with Crippen molar-refractivity contribution in [2.45, 2.75) is 33.2 Å². The lowest BCUT2D eigenvalue weighted by Gasteiger charge is -2.19. The highest BCUT2D eigenvalue weighted by molar-refractivity contribution is 6.32. The number of nitrogens with zero attached hydrogens (tertiary/aromatic N) is 1. The molecule has 0 spiro atoms. The van der Waals surface area contributed by atoms with Gasteiger partial charge in [0.2, 0.25) is 5.78 Å². The maximum absolute atomic E-state index is 12.9. The number of Topliss-reactive ketones (excluding diaryl/α,β-unsaturated/α-hetero) is 1. The Morgan fingerprint density at radius 2 is 2.04 bits per heavy atom. The van der Waals surface area contributed by atoms with Crippen molar-refractivity contribution in [3.63, 3.8) is 0 Å². The van der Waals surface area contributed by atoms with Crippen molar-refractivity contribution in [2.75, 3.05) is 13.6 Å². The molecule has 0 atom stereocenters. The monoisotopic (exact) mass is 385 g/mol. The third-order valence-corrected chi connectivity index (χ3v) is 5.08.